The van der Waals surface area contributed by atoms with Crippen LogP contribution in [0.15, 0.2) is 40.9 Å². The van der Waals surface area contributed by atoms with Crippen molar-refractivity contribution in [2.45, 2.75) is 18.9 Å². The quantitative estimate of drug-likeness (QED) is 0.895. The zero-order valence-corrected chi connectivity index (χ0v) is 13.4. The van der Waals surface area contributed by atoms with Crippen molar-refractivity contribution < 1.29 is 9.13 Å². The first-order valence-corrected chi connectivity index (χ1v) is 7.87. The van der Waals surface area contributed by atoms with E-state index >= 15 is 0 Å². The van der Waals surface area contributed by atoms with E-state index in [9.17, 15) is 4.39 Å². The highest BCUT2D eigenvalue weighted by molar-refractivity contribution is 9.10. The van der Waals surface area contributed by atoms with Crippen molar-refractivity contribution in [3.05, 3.63) is 63.4 Å². The number of hydrogen-bond acceptors (Lipinski definition) is 2. The lowest BCUT2D eigenvalue weighted by Crippen LogP contribution is -2.21. The van der Waals surface area contributed by atoms with Crippen LogP contribution in [-0.4, -0.2) is 13.7 Å². The van der Waals surface area contributed by atoms with Gasteiger partial charge < -0.3 is 10.1 Å². The molecule has 0 aliphatic carbocycles. The minimum absolute atomic E-state index is 0.217. The average molecular weight is 350 g/mol. The predicted molar refractivity (Wildman–Crippen MR) is 85.3 cm³/mol. The zero-order chi connectivity index (χ0) is 14.8. The molecule has 1 N–H and O–H groups in total. The second-order valence-electron chi connectivity index (χ2n) is 5.18. The predicted octanol–water partition coefficient (Wildman–Crippen LogP) is 4.22. The molecule has 2 aromatic rings. The monoisotopic (exact) mass is 349 g/mol. The van der Waals surface area contributed by atoms with Crippen molar-refractivity contribution in [1.29, 1.82) is 0 Å². The van der Waals surface area contributed by atoms with Gasteiger partial charge in [-0.15, -0.1) is 0 Å². The highest BCUT2D eigenvalue weighted by Crippen LogP contribution is 2.36. The van der Waals surface area contributed by atoms with E-state index in [2.05, 4.69) is 27.3 Å². The molecule has 2 nitrogen and oxygen atoms in total. The summed E-state index contributed by atoms with van der Waals surface area (Å²) in [6.07, 6.45) is 2.05. The summed E-state index contributed by atoms with van der Waals surface area (Å²) in [7, 11) is 1.84. The molecule has 0 spiro atoms. The third-order valence-corrected chi connectivity index (χ3v) is 4.33. The van der Waals surface area contributed by atoms with Crippen LogP contribution in [0.25, 0.3) is 0 Å². The Morgan fingerprint density at radius 3 is 2.90 bits per heavy atom. The Kier molecular flexibility index (Phi) is 4.27. The van der Waals surface area contributed by atoms with E-state index in [1.54, 1.807) is 6.07 Å². The van der Waals surface area contributed by atoms with Gasteiger partial charge in [0.1, 0.15) is 11.6 Å². The van der Waals surface area contributed by atoms with E-state index in [0.29, 0.717) is 5.56 Å². The van der Waals surface area contributed by atoms with Gasteiger partial charge in [-0.1, -0.05) is 34.1 Å². The zero-order valence-electron chi connectivity index (χ0n) is 11.8. The lowest BCUT2D eigenvalue weighted by Gasteiger charge is -2.25. The molecule has 0 saturated carbocycles. The van der Waals surface area contributed by atoms with Gasteiger partial charge in [-0.2, -0.15) is 0 Å². The first-order valence-electron chi connectivity index (χ1n) is 7.07. The number of hydrogen-bond donors (Lipinski definition) is 1. The van der Waals surface area contributed by atoms with Crippen LogP contribution in [0.4, 0.5) is 4.39 Å². The summed E-state index contributed by atoms with van der Waals surface area (Å²) in [6.45, 7) is 0.724. The van der Waals surface area contributed by atoms with Gasteiger partial charge in [-0.3, -0.25) is 0 Å². The number of ether oxygens (including phenoxy) is 1. The van der Waals surface area contributed by atoms with Crippen LogP contribution in [0.3, 0.4) is 0 Å². The van der Waals surface area contributed by atoms with E-state index in [0.717, 1.165) is 35.2 Å². The molecule has 1 atom stereocenters. The van der Waals surface area contributed by atoms with Gasteiger partial charge in [-0.05, 0) is 43.7 Å². The molecule has 1 aliphatic heterocycles. The molecule has 0 saturated heterocycles. The molecule has 2 aromatic carbocycles. The topological polar surface area (TPSA) is 21.3 Å². The van der Waals surface area contributed by atoms with E-state index in [1.807, 2.05) is 25.2 Å². The van der Waals surface area contributed by atoms with Gasteiger partial charge in [-0.25, -0.2) is 4.39 Å². The fourth-order valence-electron chi connectivity index (χ4n) is 2.86. The maximum atomic E-state index is 14.2. The molecule has 0 amide bonds. The number of fused-ring (bicyclic) bond motifs is 1. The van der Waals surface area contributed by atoms with E-state index in [-0.39, 0.29) is 11.9 Å². The number of nitrogens with one attached hydrogen (secondary N) is 1. The summed E-state index contributed by atoms with van der Waals surface area (Å²) in [5.74, 6) is 0.688. The third-order valence-electron chi connectivity index (χ3n) is 3.83. The van der Waals surface area contributed by atoms with Crippen molar-refractivity contribution >= 4 is 15.9 Å². The van der Waals surface area contributed by atoms with Crippen LogP contribution in [0.2, 0.25) is 0 Å². The molecule has 3 rings (SSSR count). The first-order chi connectivity index (χ1) is 10.2. The summed E-state index contributed by atoms with van der Waals surface area (Å²) in [5.41, 5.74) is 2.82. The Morgan fingerprint density at radius 1 is 1.24 bits per heavy atom. The van der Waals surface area contributed by atoms with E-state index < -0.39 is 0 Å². The van der Waals surface area contributed by atoms with Crippen LogP contribution in [0.1, 0.15) is 29.2 Å². The normalized spacial score (nSPS) is 15.2. The number of benzene rings is 2. The van der Waals surface area contributed by atoms with Gasteiger partial charge in [0.25, 0.3) is 0 Å². The summed E-state index contributed by atoms with van der Waals surface area (Å²) < 4.78 is 20.9. The van der Waals surface area contributed by atoms with Gasteiger partial charge in [0.15, 0.2) is 0 Å². The van der Waals surface area contributed by atoms with Crippen molar-refractivity contribution in [2.24, 2.45) is 0 Å². The molecule has 4 heteroatoms. The van der Waals surface area contributed by atoms with Crippen molar-refractivity contribution in [2.75, 3.05) is 13.7 Å². The van der Waals surface area contributed by atoms with E-state index in [4.69, 9.17) is 4.74 Å². The van der Waals surface area contributed by atoms with Crippen LogP contribution in [-0.2, 0) is 6.42 Å². The smallest absolute Gasteiger partial charge is 0.128 e. The van der Waals surface area contributed by atoms with E-state index in [1.165, 1.54) is 11.6 Å². The molecule has 0 radical (unpaired) electrons. The summed E-state index contributed by atoms with van der Waals surface area (Å²) in [5, 5.41) is 3.21. The fourth-order valence-corrected chi connectivity index (χ4v) is 3.23. The molecule has 0 fully saturated rings. The molecule has 0 bridgehead atoms. The standard InChI is InChI=1S/C17H17BrFNO/c1-20-16(14-10-12(18)7-8-15(14)19)13-6-2-4-11-5-3-9-21-17(11)13/h2,4,6-8,10,16,20H,3,5,9H2,1H3. The van der Waals surface area contributed by atoms with Gasteiger partial charge in [0, 0.05) is 15.6 Å². The maximum absolute atomic E-state index is 14.2. The number of para-hydroxylation sites is 1. The maximum Gasteiger partial charge on any atom is 0.128 e. The summed E-state index contributed by atoms with van der Waals surface area (Å²) in [6, 6.07) is 10.9. The molecular formula is C17H17BrFNO. The first kappa shape index (κ1) is 14.5. The number of halogens is 2. The largest absolute Gasteiger partial charge is 0.493 e. The van der Waals surface area contributed by atoms with Gasteiger partial charge in [0.05, 0.1) is 12.6 Å². The van der Waals surface area contributed by atoms with Crippen molar-refractivity contribution in [3.8, 4) is 5.75 Å². The fraction of sp³-hybridized carbons (Fsp3) is 0.294. The number of aryl methyl sites for hydroxylation is 1. The Balaban J connectivity index is 2.10. The lowest BCUT2D eigenvalue weighted by atomic mass is 9.93. The third kappa shape index (κ3) is 2.83. The molecule has 1 unspecified atom stereocenters. The Hall–Kier alpha value is -1.39. The number of rotatable bonds is 3. The molecule has 110 valence electrons. The highest BCUT2D eigenvalue weighted by Gasteiger charge is 2.23. The van der Waals surface area contributed by atoms with Crippen LogP contribution >= 0.6 is 15.9 Å². The SMILES string of the molecule is CNC(c1cc(Br)ccc1F)c1cccc2c1OCCC2. The molecular weight excluding hydrogens is 333 g/mol. The molecule has 0 aromatic heterocycles. The molecule has 1 aliphatic rings. The van der Waals surface area contributed by atoms with Gasteiger partial charge >= 0.3 is 0 Å². The van der Waals surface area contributed by atoms with Crippen molar-refractivity contribution in [3.63, 3.8) is 0 Å². The van der Waals surface area contributed by atoms with Crippen LogP contribution in [0.5, 0.6) is 5.75 Å². The second kappa shape index (κ2) is 6.16. The van der Waals surface area contributed by atoms with Gasteiger partial charge in [0.2, 0.25) is 0 Å². The Bertz CT molecular complexity index is 659. The average Bonchev–Trinajstić information content (AvgIpc) is 2.51. The molecule has 1 heterocycles. The Morgan fingerprint density at radius 2 is 2.10 bits per heavy atom. The minimum Gasteiger partial charge on any atom is -0.493 e. The summed E-state index contributed by atoms with van der Waals surface area (Å²) >= 11 is 3.42. The summed E-state index contributed by atoms with van der Waals surface area (Å²) in [4.78, 5) is 0. The van der Waals surface area contributed by atoms with Crippen molar-refractivity contribution in [1.82, 2.24) is 5.32 Å². The van der Waals surface area contributed by atoms with Crippen LogP contribution in [0, 0.1) is 5.82 Å². The van der Waals surface area contributed by atoms with Crippen LogP contribution < -0.4 is 10.1 Å². The minimum atomic E-state index is -0.226. The second-order valence-corrected chi connectivity index (χ2v) is 6.09. The highest BCUT2D eigenvalue weighted by atomic mass is 79.9. The Labute approximate surface area is 132 Å². The molecule has 21 heavy (non-hydrogen) atoms. The lowest BCUT2D eigenvalue weighted by molar-refractivity contribution is 0.283.